The minimum atomic E-state index is -3.23. The van der Waals surface area contributed by atoms with E-state index in [1.807, 2.05) is 0 Å². The van der Waals surface area contributed by atoms with Crippen molar-refractivity contribution < 1.29 is 12.8 Å². The van der Waals surface area contributed by atoms with Gasteiger partial charge in [0.2, 0.25) is 10.0 Å². The predicted molar refractivity (Wildman–Crippen MR) is 99.4 cm³/mol. The summed E-state index contributed by atoms with van der Waals surface area (Å²) in [5, 5.41) is 7.13. The van der Waals surface area contributed by atoms with E-state index in [1.165, 1.54) is 18.4 Å². The van der Waals surface area contributed by atoms with Crippen molar-refractivity contribution in [2.75, 3.05) is 19.3 Å². The highest BCUT2D eigenvalue weighted by atomic mass is 32.2. The van der Waals surface area contributed by atoms with Gasteiger partial charge in [0, 0.05) is 36.8 Å². The molecule has 1 fully saturated rings. The second-order valence-corrected chi connectivity index (χ2v) is 8.80. The third-order valence-electron chi connectivity index (χ3n) is 4.79. The summed E-state index contributed by atoms with van der Waals surface area (Å²) in [6, 6.07) is 6.25. The van der Waals surface area contributed by atoms with E-state index < -0.39 is 10.0 Å². The molecule has 2 atom stereocenters. The molecular weight excluding hydrogens is 355 g/mol. The predicted octanol–water partition coefficient (Wildman–Crippen LogP) is 2.37. The molecule has 0 aliphatic carbocycles. The van der Waals surface area contributed by atoms with Crippen LogP contribution in [0.2, 0.25) is 0 Å². The Kier molecular flexibility index (Phi) is 5.74. The smallest absolute Gasteiger partial charge is 0.209 e. The lowest BCUT2D eigenvalue weighted by Crippen LogP contribution is -2.39. The molecule has 8 heteroatoms. The van der Waals surface area contributed by atoms with Gasteiger partial charge in [0.25, 0.3) is 0 Å². The van der Waals surface area contributed by atoms with Gasteiger partial charge in [-0.05, 0) is 36.6 Å². The highest BCUT2D eigenvalue weighted by molar-refractivity contribution is 7.88. The van der Waals surface area contributed by atoms with Crippen LogP contribution in [0.15, 0.2) is 30.5 Å². The summed E-state index contributed by atoms with van der Waals surface area (Å²) < 4.78 is 39.2. The van der Waals surface area contributed by atoms with Crippen molar-refractivity contribution in [3.05, 3.63) is 41.8 Å². The van der Waals surface area contributed by atoms with Gasteiger partial charge in [-0.3, -0.25) is 10.00 Å². The van der Waals surface area contributed by atoms with Gasteiger partial charge in [-0.15, -0.1) is 0 Å². The lowest BCUT2D eigenvalue weighted by atomic mass is 9.99. The molecule has 0 radical (unpaired) electrons. The van der Waals surface area contributed by atoms with Crippen molar-refractivity contribution in [2.45, 2.75) is 32.4 Å². The maximum absolute atomic E-state index is 13.2. The number of H-pyrrole nitrogens is 1. The van der Waals surface area contributed by atoms with E-state index in [2.05, 4.69) is 26.7 Å². The summed E-state index contributed by atoms with van der Waals surface area (Å²) in [6.07, 6.45) is 5.00. The van der Waals surface area contributed by atoms with Gasteiger partial charge in [-0.25, -0.2) is 17.5 Å². The van der Waals surface area contributed by atoms with Crippen LogP contribution in [0, 0.1) is 11.7 Å². The number of halogens is 1. The third kappa shape index (κ3) is 4.69. The minimum absolute atomic E-state index is 0.0638. The Balaban J connectivity index is 1.73. The van der Waals surface area contributed by atoms with E-state index >= 15 is 0 Å². The molecule has 1 aliphatic heterocycles. The van der Waals surface area contributed by atoms with Gasteiger partial charge in [0.1, 0.15) is 5.82 Å². The fraction of sp³-hybridized carbons (Fsp3) is 0.500. The molecule has 3 rings (SSSR count). The Morgan fingerprint density at radius 2 is 2.04 bits per heavy atom. The highest BCUT2D eigenvalue weighted by Crippen LogP contribution is 2.27. The van der Waals surface area contributed by atoms with Crippen molar-refractivity contribution in [3.63, 3.8) is 0 Å². The van der Waals surface area contributed by atoms with E-state index in [1.54, 1.807) is 18.3 Å². The fourth-order valence-corrected chi connectivity index (χ4v) is 4.52. The van der Waals surface area contributed by atoms with E-state index in [0.29, 0.717) is 19.0 Å². The molecule has 2 aromatic rings. The normalized spacial score (nSPS) is 21.3. The van der Waals surface area contributed by atoms with E-state index in [9.17, 15) is 12.8 Å². The van der Waals surface area contributed by atoms with Gasteiger partial charge in [0.15, 0.2) is 0 Å². The molecule has 2 heterocycles. The molecule has 1 aliphatic rings. The number of hydrogen-bond acceptors (Lipinski definition) is 4. The van der Waals surface area contributed by atoms with E-state index in [4.69, 9.17) is 0 Å². The van der Waals surface area contributed by atoms with Crippen LogP contribution in [0.25, 0.3) is 11.3 Å². The fourth-order valence-electron chi connectivity index (χ4n) is 3.70. The van der Waals surface area contributed by atoms with Crippen LogP contribution < -0.4 is 4.72 Å². The van der Waals surface area contributed by atoms with Crippen LogP contribution >= 0.6 is 0 Å². The van der Waals surface area contributed by atoms with Gasteiger partial charge < -0.3 is 0 Å². The highest BCUT2D eigenvalue weighted by Gasteiger charge is 2.34. The summed E-state index contributed by atoms with van der Waals surface area (Å²) in [6.45, 7) is 4.30. The molecule has 26 heavy (non-hydrogen) atoms. The molecule has 142 valence electrons. The Morgan fingerprint density at radius 1 is 1.31 bits per heavy atom. The molecule has 0 saturated carbocycles. The number of likely N-dealkylation sites (tertiary alicyclic amines) is 1. The first-order valence-corrected chi connectivity index (χ1v) is 10.7. The maximum Gasteiger partial charge on any atom is 0.209 e. The molecule has 1 aromatic carbocycles. The van der Waals surface area contributed by atoms with Gasteiger partial charge in [0.05, 0.1) is 18.1 Å². The van der Waals surface area contributed by atoms with Gasteiger partial charge in [-0.1, -0.05) is 13.3 Å². The second kappa shape index (κ2) is 7.85. The summed E-state index contributed by atoms with van der Waals surface area (Å²) >= 11 is 0. The standard InChI is InChI=1S/C18H25FN4O2S/c1-3-4-14-10-23(12-17(14)22-26(2,24)25)11-15-9-20-21-18(15)13-5-7-16(19)8-6-13/h5-9,14,17,22H,3-4,10-12H2,1-2H3,(H,20,21). The Morgan fingerprint density at radius 3 is 2.69 bits per heavy atom. The van der Waals surface area contributed by atoms with Crippen LogP contribution in [-0.2, 0) is 16.6 Å². The molecule has 1 saturated heterocycles. The number of nitrogens with zero attached hydrogens (tertiary/aromatic N) is 2. The number of benzene rings is 1. The monoisotopic (exact) mass is 380 g/mol. The molecule has 0 bridgehead atoms. The summed E-state index contributed by atoms with van der Waals surface area (Å²) in [5.74, 6) is 0.0300. The average Bonchev–Trinajstić information content (AvgIpc) is 3.15. The third-order valence-corrected chi connectivity index (χ3v) is 5.52. The molecule has 2 unspecified atom stereocenters. The van der Waals surface area contributed by atoms with Crippen LogP contribution in [-0.4, -0.2) is 48.9 Å². The molecule has 1 aromatic heterocycles. The van der Waals surface area contributed by atoms with Crippen LogP contribution in [0.5, 0.6) is 0 Å². The van der Waals surface area contributed by atoms with E-state index in [0.717, 1.165) is 36.2 Å². The van der Waals surface area contributed by atoms with Crippen molar-refractivity contribution in [2.24, 2.45) is 5.92 Å². The van der Waals surface area contributed by atoms with Crippen molar-refractivity contribution in [1.29, 1.82) is 0 Å². The average molecular weight is 380 g/mol. The Hall–Kier alpha value is -1.77. The quantitative estimate of drug-likeness (QED) is 0.773. The zero-order chi connectivity index (χ0) is 18.7. The second-order valence-electron chi connectivity index (χ2n) is 7.02. The van der Waals surface area contributed by atoms with Crippen LogP contribution in [0.4, 0.5) is 4.39 Å². The van der Waals surface area contributed by atoms with Gasteiger partial charge >= 0.3 is 0 Å². The molecular formula is C18H25FN4O2S. The number of sulfonamides is 1. The molecule has 2 N–H and O–H groups in total. The van der Waals surface area contributed by atoms with Crippen LogP contribution in [0.1, 0.15) is 25.3 Å². The summed E-state index contributed by atoms with van der Waals surface area (Å²) in [7, 11) is -3.23. The van der Waals surface area contributed by atoms with Crippen molar-refractivity contribution >= 4 is 10.0 Å². The zero-order valence-electron chi connectivity index (χ0n) is 15.1. The summed E-state index contributed by atoms with van der Waals surface area (Å²) in [4.78, 5) is 2.25. The Bertz CT molecular complexity index is 835. The molecule has 0 amide bonds. The number of aromatic nitrogens is 2. The van der Waals surface area contributed by atoms with Crippen molar-refractivity contribution in [3.8, 4) is 11.3 Å². The molecule has 0 spiro atoms. The molecule has 6 nitrogen and oxygen atoms in total. The summed E-state index contributed by atoms with van der Waals surface area (Å²) in [5.41, 5.74) is 2.78. The largest absolute Gasteiger partial charge is 0.297 e. The van der Waals surface area contributed by atoms with E-state index in [-0.39, 0.29) is 11.9 Å². The SMILES string of the molecule is CCCC1CN(Cc2cn[nH]c2-c2ccc(F)cc2)CC1NS(C)(=O)=O. The first-order chi connectivity index (χ1) is 12.4. The lowest BCUT2D eigenvalue weighted by molar-refractivity contribution is 0.313. The Labute approximate surface area is 153 Å². The van der Waals surface area contributed by atoms with Gasteiger partial charge in [-0.2, -0.15) is 5.10 Å². The van der Waals surface area contributed by atoms with Crippen LogP contribution in [0.3, 0.4) is 0 Å². The number of rotatable bonds is 7. The maximum atomic E-state index is 13.2. The number of nitrogens with one attached hydrogen (secondary N) is 2. The number of hydrogen-bond donors (Lipinski definition) is 2. The topological polar surface area (TPSA) is 78.1 Å². The lowest BCUT2D eigenvalue weighted by Gasteiger charge is -2.17. The van der Waals surface area contributed by atoms with Crippen molar-refractivity contribution in [1.82, 2.24) is 19.8 Å². The first-order valence-electron chi connectivity index (χ1n) is 8.83. The minimum Gasteiger partial charge on any atom is -0.297 e. The zero-order valence-corrected chi connectivity index (χ0v) is 15.9. The number of aromatic amines is 1. The first kappa shape index (κ1) is 19.0.